The molecule has 0 spiro atoms. The van der Waals surface area contributed by atoms with Gasteiger partial charge in [-0.25, -0.2) is 15.0 Å². The molecule has 198 valence electrons. The first-order valence-electron chi connectivity index (χ1n) is 13.2. The molecule has 10 heteroatoms. The number of aromatic nitrogens is 3. The van der Waals surface area contributed by atoms with E-state index in [9.17, 15) is 4.79 Å². The number of likely N-dealkylation sites (N-methyl/N-ethyl adjacent to an activating group) is 1. The first kappa shape index (κ1) is 25.8. The molecular weight excluding hydrogens is 486 g/mol. The van der Waals surface area contributed by atoms with E-state index in [2.05, 4.69) is 38.1 Å². The van der Waals surface area contributed by atoms with Crippen molar-refractivity contribution in [2.24, 2.45) is 0 Å². The number of hydrogen-bond donors (Lipinski definition) is 1. The van der Waals surface area contributed by atoms with Gasteiger partial charge < -0.3 is 19.9 Å². The SMILES string of the molecule is CCN1CCN(c2ccc(Nc3ncc4sc(C(=O)N(C)C)c(C5CCCC5)c4n3)nc2)C[C@H]1COC. The number of fused-ring (bicyclic) bond motifs is 1. The lowest BCUT2D eigenvalue weighted by Gasteiger charge is -2.41. The second-order valence-corrected chi connectivity index (χ2v) is 11.2. The maximum atomic E-state index is 13.0. The van der Waals surface area contributed by atoms with Crippen LogP contribution in [0.5, 0.6) is 0 Å². The summed E-state index contributed by atoms with van der Waals surface area (Å²) in [4.78, 5) is 34.4. The number of hydrogen-bond acceptors (Lipinski definition) is 9. The zero-order chi connectivity index (χ0) is 25.9. The fourth-order valence-corrected chi connectivity index (χ4v) is 6.80. The molecule has 1 aliphatic heterocycles. The lowest BCUT2D eigenvalue weighted by Crippen LogP contribution is -2.54. The molecule has 9 nitrogen and oxygen atoms in total. The largest absolute Gasteiger partial charge is 0.383 e. The van der Waals surface area contributed by atoms with E-state index in [0.29, 0.717) is 23.7 Å². The minimum atomic E-state index is 0.0455. The highest BCUT2D eigenvalue weighted by molar-refractivity contribution is 7.21. The molecule has 37 heavy (non-hydrogen) atoms. The molecule has 1 N–H and O–H groups in total. The van der Waals surface area contributed by atoms with E-state index in [1.54, 1.807) is 26.1 Å². The lowest BCUT2D eigenvalue weighted by molar-refractivity contribution is 0.0831. The number of piperazine rings is 1. The quantitative estimate of drug-likeness (QED) is 0.467. The molecule has 0 aromatic carbocycles. The maximum absolute atomic E-state index is 13.0. The van der Waals surface area contributed by atoms with Gasteiger partial charge in [0.25, 0.3) is 5.91 Å². The lowest BCUT2D eigenvalue weighted by atomic mass is 9.96. The molecule has 0 radical (unpaired) electrons. The molecule has 0 unspecified atom stereocenters. The van der Waals surface area contributed by atoms with Gasteiger partial charge in [0.2, 0.25) is 5.95 Å². The number of nitrogens with one attached hydrogen (secondary N) is 1. The van der Waals surface area contributed by atoms with E-state index in [-0.39, 0.29) is 5.91 Å². The van der Waals surface area contributed by atoms with Crippen LogP contribution in [0.3, 0.4) is 0 Å². The molecule has 1 aliphatic carbocycles. The van der Waals surface area contributed by atoms with Gasteiger partial charge in [-0.1, -0.05) is 19.8 Å². The molecule has 1 atom stereocenters. The third-order valence-corrected chi connectivity index (χ3v) is 8.67. The predicted octanol–water partition coefficient (Wildman–Crippen LogP) is 4.35. The van der Waals surface area contributed by atoms with Crippen molar-refractivity contribution in [3.05, 3.63) is 35.0 Å². The van der Waals surface area contributed by atoms with Crippen LogP contribution < -0.4 is 10.2 Å². The van der Waals surface area contributed by atoms with Gasteiger partial charge in [-0.2, -0.15) is 0 Å². The minimum Gasteiger partial charge on any atom is -0.383 e. The van der Waals surface area contributed by atoms with Crippen molar-refractivity contribution in [1.82, 2.24) is 24.8 Å². The number of methoxy groups -OCH3 is 1. The van der Waals surface area contributed by atoms with Crippen molar-refractivity contribution in [3.8, 4) is 0 Å². The Morgan fingerprint density at radius 2 is 2.00 bits per heavy atom. The first-order chi connectivity index (χ1) is 18.0. The summed E-state index contributed by atoms with van der Waals surface area (Å²) in [6.45, 7) is 6.87. The van der Waals surface area contributed by atoms with Crippen molar-refractivity contribution >= 4 is 44.9 Å². The zero-order valence-electron chi connectivity index (χ0n) is 22.2. The third-order valence-electron chi connectivity index (χ3n) is 7.55. The Labute approximate surface area is 222 Å². The Bertz CT molecular complexity index is 1220. The van der Waals surface area contributed by atoms with Crippen LogP contribution in [-0.2, 0) is 4.74 Å². The van der Waals surface area contributed by atoms with Gasteiger partial charge in [-0.05, 0) is 37.4 Å². The number of pyridine rings is 1. The molecule has 5 rings (SSSR count). The average molecular weight is 524 g/mol. The standard InChI is InChI=1S/C27H37N7O2S/c1-5-33-12-13-34(16-20(33)17-36-4)19-10-11-22(28-14-19)30-27-29-15-21-24(31-27)23(18-8-6-7-9-18)25(37-21)26(35)32(2)3/h10-11,14-15,18,20H,5-9,12-13,16-17H2,1-4H3,(H,28,29,30,31)/t20-/m0/s1. The molecule has 3 aromatic rings. The number of carbonyl (C=O) groups is 1. The number of thiophene rings is 1. The topological polar surface area (TPSA) is 86.7 Å². The highest BCUT2D eigenvalue weighted by atomic mass is 32.1. The van der Waals surface area contributed by atoms with Gasteiger partial charge in [-0.15, -0.1) is 11.3 Å². The van der Waals surface area contributed by atoms with Gasteiger partial charge in [-0.3, -0.25) is 9.69 Å². The van der Waals surface area contributed by atoms with Gasteiger partial charge in [0.1, 0.15) is 5.82 Å². The van der Waals surface area contributed by atoms with E-state index in [0.717, 1.165) is 72.0 Å². The molecule has 0 bridgehead atoms. The molecule has 4 heterocycles. The van der Waals surface area contributed by atoms with Gasteiger partial charge >= 0.3 is 0 Å². The molecule has 1 amide bonds. The summed E-state index contributed by atoms with van der Waals surface area (Å²) < 4.78 is 6.41. The van der Waals surface area contributed by atoms with Crippen molar-refractivity contribution < 1.29 is 9.53 Å². The van der Waals surface area contributed by atoms with E-state index in [4.69, 9.17) is 9.72 Å². The zero-order valence-corrected chi connectivity index (χ0v) is 23.1. The average Bonchev–Trinajstić information content (AvgIpc) is 3.56. The highest BCUT2D eigenvalue weighted by Crippen LogP contribution is 2.43. The minimum absolute atomic E-state index is 0.0455. The van der Waals surface area contributed by atoms with Crippen LogP contribution in [-0.4, -0.2) is 90.7 Å². The first-order valence-corrected chi connectivity index (χ1v) is 14.0. The molecule has 1 saturated heterocycles. The number of carbonyl (C=O) groups excluding carboxylic acids is 1. The van der Waals surface area contributed by atoms with Crippen molar-refractivity contribution in [1.29, 1.82) is 0 Å². The van der Waals surface area contributed by atoms with Gasteiger partial charge in [0, 0.05) is 46.4 Å². The van der Waals surface area contributed by atoms with E-state index >= 15 is 0 Å². The molecule has 2 fully saturated rings. The van der Waals surface area contributed by atoms with E-state index in [1.165, 1.54) is 24.2 Å². The Kier molecular flexibility index (Phi) is 7.87. The summed E-state index contributed by atoms with van der Waals surface area (Å²) in [5.41, 5.74) is 3.10. The van der Waals surface area contributed by atoms with Crippen LogP contribution in [0.2, 0.25) is 0 Å². The Morgan fingerprint density at radius 3 is 2.68 bits per heavy atom. The van der Waals surface area contributed by atoms with Gasteiger partial charge in [0.05, 0.1) is 45.8 Å². The summed E-state index contributed by atoms with van der Waals surface area (Å²) >= 11 is 1.51. The van der Waals surface area contributed by atoms with E-state index in [1.807, 2.05) is 18.5 Å². The van der Waals surface area contributed by atoms with Crippen LogP contribution in [0.25, 0.3) is 10.2 Å². The molecule has 2 aliphatic rings. The summed E-state index contributed by atoms with van der Waals surface area (Å²) in [6, 6.07) is 4.46. The number of ether oxygens (including phenoxy) is 1. The van der Waals surface area contributed by atoms with Gasteiger partial charge in [0.15, 0.2) is 0 Å². The number of nitrogens with zero attached hydrogens (tertiary/aromatic N) is 6. The summed E-state index contributed by atoms with van der Waals surface area (Å²) in [5.74, 6) is 1.63. The van der Waals surface area contributed by atoms with Crippen LogP contribution in [0, 0.1) is 0 Å². The van der Waals surface area contributed by atoms with Crippen LogP contribution in [0.15, 0.2) is 24.5 Å². The Morgan fingerprint density at radius 1 is 1.19 bits per heavy atom. The smallest absolute Gasteiger partial charge is 0.263 e. The fourth-order valence-electron chi connectivity index (χ4n) is 5.58. The van der Waals surface area contributed by atoms with Crippen molar-refractivity contribution in [2.45, 2.75) is 44.6 Å². The van der Waals surface area contributed by atoms with Crippen LogP contribution in [0.1, 0.15) is 53.8 Å². The van der Waals surface area contributed by atoms with E-state index < -0.39 is 0 Å². The summed E-state index contributed by atoms with van der Waals surface area (Å²) in [7, 11) is 5.38. The summed E-state index contributed by atoms with van der Waals surface area (Å²) in [5, 5.41) is 3.28. The number of amides is 1. The molecule has 1 saturated carbocycles. The van der Waals surface area contributed by atoms with Crippen LogP contribution in [0.4, 0.5) is 17.5 Å². The normalized spacial score (nSPS) is 19.0. The molecule has 3 aromatic heterocycles. The second-order valence-electron chi connectivity index (χ2n) is 10.1. The number of rotatable bonds is 8. The highest BCUT2D eigenvalue weighted by Gasteiger charge is 2.29. The van der Waals surface area contributed by atoms with Crippen molar-refractivity contribution in [2.75, 3.05) is 64.2 Å². The maximum Gasteiger partial charge on any atom is 0.263 e. The second kappa shape index (κ2) is 11.3. The molecular formula is C27H37N7O2S. The van der Waals surface area contributed by atoms with Crippen molar-refractivity contribution in [3.63, 3.8) is 0 Å². The fraction of sp³-hybridized carbons (Fsp3) is 0.556. The predicted molar refractivity (Wildman–Crippen MR) is 149 cm³/mol. The monoisotopic (exact) mass is 523 g/mol. The van der Waals surface area contributed by atoms with Crippen LogP contribution >= 0.6 is 11.3 Å². The number of anilines is 3. The third kappa shape index (κ3) is 5.42. The Balaban J connectivity index is 1.36. The summed E-state index contributed by atoms with van der Waals surface area (Å²) in [6.07, 6.45) is 8.35. The Hall–Kier alpha value is -2.82.